The van der Waals surface area contributed by atoms with Crippen LogP contribution in [0.5, 0.6) is 0 Å². The first-order valence-corrected chi connectivity index (χ1v) is 13.3. The quantitative estimate of drug-likeness (QED) is 0.363. The Labute approximate surface area is 221 Å². The zero-order valence-electron chi connectivity index (χ0n) is 20.8. The molecule has 0 aliphatic rings. The van der Waals surface area contributed by atoms with Crippen molar-refractivity contribution in [1.29, 1.82) is 0 Å². The van der Waals surface area contributed by atoms with E-state index in [0.717, 1.165) is 16.5 Å². The minimum absolute atomic E-state index is 0.0625. The zero-order chi connectivity index (χ0) is 27.3. The number of hydrogen-bond donors (Lipinski definition) is 1. The van der Waals surface area contributed by atoms with E-state index in [-0.39, 0.29) is 27.1 Å². The highest BCUT2D eigenvalue weighted by Gasteiger charge is 2.21. The standard InChI is InChI=1S/C27H27ClF2N4O2S/c1-5-12-32-26(19-9-7-10-22(25(19)30)37(4)36)21(29)15-34-17(3)14-20(24(28)27(34)35)16(2)13-18-8-6-11-23(31)33-18/h5-12,14-16H,13H2,1-4H3,(H2,31,33)/b12-5+,21-15-,32-26+. The summed E-state index contributed by atoms with van der Waals surface area (Å²) in [5.74, 6) is -1.60. The summed E-state index contributed by atoms with van der Waals surface area (Å²) < 4.78 is 43.6. The first-order valence-electron chi connectivity index (χ1n) is 11.4. The van der Waals surface area contributed by atoms with Crippen LogP contribution < -0.4 is 11.3 Å². The van der Waals surface area contributed by atoms with Crippen LogP contribution in [0.25, 0.3) is 6.20 Å². The monoisotopic (exact) mass is 544 g/mol. The first kappa shape index (κ1) is 28.1. The van der Waals surface area contributed by atoms with E-state index in [2.05, 4.69) is 9.98 Å². The molecule has 3 rings (SSSR count). The molecule has 0 amide bonds. The molecule has 2 heterocycles. The van der Waals surface area contributed by atoms with E-state index in [1.807, 2.05) is 13.0 Å². The number of aromatic nitrogens is 2. The van der Waals surface area contributed by atoms with Gasteiger partial charge in [0.05, 0.1) is 21.9 Å². The highest BCUT2D eigenvalue weighted by atomic mass is 35.5. The van der Waals surface area contributed by atoms with Crippen LogP contribution in [0.15, 0.2) is 75.2 Å². The number of anilines is 1. The van der Waals surface area contributed by atoms with Crippen LogP contribution in [0.3, 0.4) is 0 Å². The Morgan fingerprint density at radius 1 is 1.30 bits per heavy atom. The van der Waals surface area contributed by atoms with Crippen molar-refractivity contribution in [3.05, 3.63) is 104 Å². The molecular weight excluding hydrogens is 518 g/mol. The normalized spacial score (nSPS) is 14.2. The summed E-state index contributed by atoms with van der Waals surface area (Å²) in [7, 11) is -1.63. The van der Waals surface area contributed by atoms with Gasteiger partial charge in [0.25, 0.3) is 5.56 Å². The van der Waals surface area contributed by atoms with Crippen LogP contribution in [0.1, 0.15) is 42.3 Å². The number of nitrogens with two attached hydrogens (primary N) is 1. The second kappa shape index (κ2) is 12.2. The van der Waals surface area contributed by atoms with Gasteiger partial charge in [-0.2, -0.15) is 0 Å². The average Bonchev–Trinajstić information content (AvgIpc) is 2.84. The van der Waals surface area contributed by atoms with Crippen LogP contribution in [0.2, 0.25) is 5.02 Å². The topological polar surface area (TPSA) is 90.3 Å². The largest absolute Gasteiger partial charge is 0.384 e. The number of rotatable bonds is 8. The highest BCUT2D eigenvalue weighted by molar-refractivity contribution is 7.84. The average molecular weight is 545 g/mol. The van der Waals surface area contributed by atoms with Crippen molar-refractivity contribution < 1.29 is 13.0 Å². The summed E-state index contributed by atoms with van der Waals surface area (Å²) in [5, 5.41) is -0.0625. The van der Waals surface area contributed by atoms with Crippen molar-refractivity contribution in [2.24, 2.45) is 4.99 Å². The summed E-state index contributed by atoms with van der Waals surface area (Å²) >= 11 is 6.44. The molecule has 1 aromatic carbocycles. The third kappa shape index (κ3) is 6.47. The maximum absolute atomic E-state index is 15.6. The Bertz CT molecular complexity index is 1500. The maximum atomic E-state index is 15.6. The van der Waals surface area contributed by atoms with Gasteiger partial charge in [-0.1, -0.05) is 36.7 Å². The predicted octanol–water partition coefficient (Wildman–Crippen LogP) is 5.80. The predicted molar refractivity (Wildman–Crippen MR) is 147 cm³/mol. The van der Waals surface area contributed by atoms with Crippen molar-refractivity contribution in [3.63, 3.8) is 0 Å². The maximum Gasteiger partial charge on any atom is 0.273 e. The van der Waals surface area contributed by atoms with Crippen LogP contribution >= 0.6 is 11.6 Å². The van der Waals surface area contributed by atoms with Gasteiger partial charge < -0.3 is 5.73 Å². The summed E-state index contributed by atoms with van der Waals surface area (Å²) in [5.41, 5.74) is 6.35. The lowest BCUT2D eigenvalue weighted by molar-refractivity contribution is 0.591. The molecule has 0 fully saturated rings. The van der Waals surface area contributed by atoms with Gasteiger partial charge in [0.2, 0.25) is 0 Å². The molecule has 0 saturated heterocycles. The lowest BCUT2D eigenvalue weighted by atomic mass is 9.96. The molecule has 0 bridgehead atoms. The Kier molecular flexibility index (Phi) is 9.29. The van der Waals surface area contributed by atoms with Crippen molar-refractivity contribution in [3.8, 4) is 0 Å². The molecule has 0 saturated carbocycles. The van der Waals surface area contributed by atoms with Gasteiger partial charge in [0.1, 0.15) is 22.4 Å². The van der Waals surface area contributed by atoms with Gasteiger partial charge in [0, 0.05) is 29.4 Å². The number of nitrogen functional groups attached to an aromatic ring is 1. The van der Waals surface area contributed by atoms with E-state index in [9.17, 15) is 9.00 Å². The van der Waals surface area contributed by atoms with Crippen LogP contribution in [0.4, 0.5) is 14.6 Å². The molecule has 0 aliphatic carbocycles. The fraction of sp³-hybridized carbons (Fsp3) is 0.222. The van der Waals surface area contributed by atoms with Gasteiger partial charge in [0.15, 0.2) is 5.83 Å². The van der Waals surface area contributed by atoms with Crippen LogP contribution in [-0.2, 0) is 17.2 Å². The molecule has 0 spiro atoms. The number of benzene rings is 1. The molecule has 2 N–H and O–H groups in total. The smallest absolute Gasteiger partial charge is 0.273 e. The lowest BCUT2D eigenvalue weighted by Gasteiger charge is -2.16. The van der Waals surface area contributed by atoms with Crippen molar-refractivity contribution >= 4 is 40.1 Å². The highest BCUT2D eigenvalue weighted by Crippen LogP contribution is 2.27. The molecule has 3 aromatic rings. The van der Waals surface area contributed by atoms with E-state index < -0.39 is 28.0 Å². The molecule has 6 nitrogen and oxygen atoms in total. The molecule has 194 valence electrons. The second-order valence-corrected chi connectivity index (χ2v) is 10.1. The van der Waals surface area contributed by atoms with E-state index >= 15 is 8.78 Å². The summed E-state index contributed by atoms with van der Waals surface area (Å²) in [6.07, 6.45) is 5.59. The van der Waals surface area contributed by atoms with Gasteiger partial charge in [-0.25, -0.2) is 13.8 Å². The van der Waals surface area contributed by atoms with Gasteiger partial charge in [-0.05, 0) is 62.1 Å². The number of hydrogen-bond acceptors (Lipinski definition) is 5. The molecular formula is C27H27ClF2N4O2S. The number of allylic oxidation sites excluding steroid dienone is 2. The second-order valence-electron chi connectivity index (χ2n) is 8.40. The Hall–Kier alpha value is -3.43. The summed E-state index contributed by atoms with van der Waals surface area (Å²) in [4.78, 5) is 21.4. The lowest BCUT2D eigenvalue weighted by Crippen LogP contribution is -2.22. The van der Waals surface area contributed by atoms with Crippen molar-refractivity contribution in [1.82, 2.24) is 9.55 Å². The number of aliphatic imine (C=N–C) groups is 1. The van der Waals surface area contributed by atoms with Gasteiger partial charge in [-0.3, -0.25) is 18.6 Å². The number of pyridine rings is 2. The molecule has 10 heteroatoms. The zero-order valence-corrected chi connectivity index (χ0v) is 22.4. The molecule has 2 aromatic heterocycles. The Morgan fingerprint density at radius 3 is 2.65 bits per heavy atom. The van der Waals surface area contributed by atoms with Gasteiger partial charge in [-0.15, -0.1) is 0 Å². The van der Waals surface area contributed by atoms with E-state index in [0.29, 0.717) is 23.5 Å². The fourth-order valence-electron chi connectivity index (χ4n) is 3.80. The third-order valence-corrected chi connectivity index (χ3v) is 6.94. The number of halogens is 3. The van der Waals surface area contributed by atoms with E-state index in [4.69, 9.17) is 17.3 Å². The van der Waals surface area contributed by atoms with Crippen LogP contribution in [0, 0.1) is 12.7 Å². The van der Waals surface area contributed by atoms with Crippen molar-refractivity contribution in [2.75, 3.05) is 12.0 Å². The SMILES string of the molecule is C/C=C/N=C(/C(F)=C/n1c(C)cc(C(C)Cc2cccc(N)n2)c(Cl)c1=O)c1cccc(S(C)=O)c1F. The summed E-state index contributed by atoms with van der Waals surface area (Å²) in [6.45, 7) is 5.21. The van der Waals surface area contributed by atoms with Crippen LogP contribution in [-0.4, -0.2) is 25.7 Å². The van der Waals surface area contributed by atoms with E-state index in [1.165, 1.54) is 30.7 Å². The minimum atomic E-state index is -1.63. The minimum Gasteiger partial charge on any atom is -0.384 e. The summed E-state index contributed by atoms with van der Waals surface area (Å²) in [6, 6.07) is 11.2. The number of nitrogens with zero attached hydrogens (tertiary/aromatic N) is 3. The fourth-order valence-corrected chi connectivity index (χ4v) is 4.77. The first-order chi connectivity index (χ1) is 17.5. The van der Waals surface area contributed by atoms with E-state index in [1.54, 1.807) is 38.1 Å². The molecule has 2 atom stereocenters. The molecule has 0 aliphatic heterocycles. The molecule has 0 radical (unpaired) electrons. The third-order valence-electron chi connectivity index (χ3n) is 5.63. The van der Waals surface area contributed by atoms with Crippen molar-refractivity contribution in [2.45, 2.75) is 38.0 Å². The van der Waals surface area contributed by atoms with Gasteiger partial charge >= 0.3 is 0 Å². The Morgan fingerprint density at radius 2 is 2.00 bits per heavy atom. The number of aryl methyl sites for hydroxylation is 1. The molecule has 37 heavy (non-hydrogen) atoms. The Balaban J connectivity index is 2.06. The molecule has 2 unspecified atom stereocenters.